The Morgan fingerprint density at radius 2 is 0.190 bits per heavy atom. The van der Waals surface area contributed by atoms with E-state index in [9.17, 15) is 57.5 Å². The molecule has 6 fully saturated rings. The maximum atomic E-state index is 11.0. The molecule has 6 rings (SSSR count). The summed E-state index contributed by atoms with van der Waals surface area (Å²) in [7, 11) is -75.3. The van der Waals surface area contributed by atoms with Crippen LogP contribution in [0, 0.1) is 0 Å². The quantitative estimate of drug-likeness (QED) is 0.101. The predicted octanol–water partition coefficient (Wildman–Crippen LogP) is -12.5. The summed E-state index contributed by atoms with van der Waals surface area (Å²) in [5.41, 5.74) is 0. The Balaban J connectivity index is 1.55. The molecule has 0 unspecified atom stereocenters. The van der Waals surface area contributed by atoms with E-state index >= 15 is 0 Å². The van der Waals surface area contributed by atoms with Gasteiger partial charge in [0.25, 0.3) is 0 Å². The van der Waals surface area contributed by atoms with Gasteiger partial charge in [-0.1, -0.05) is 0 Å². The Morgan fingerprint density at radius 3 is 0.238 bits per heavy atom. The first-order valence-electron chi connectivity index (χ1n) is 10.0. The van der Waals surface area contributed by atoms with Crippen LogP contribution in [-0.4, -0.2) is 166 Å². The third-order valence-electron chi connectivity index (χ3n) is 4.64. The zero-order chi connectivity index (χ0) is 30.7. The van der Waals surface area contributed by atoms with Crippen LogP contribution in [-0.2, 0) is 74.1 Å². The van der Waals surface area contributed by atoms with Crippen molar-refractivity contribution in [3.05, 3.63) is 0 Å². The van der Waals surface area contributed by atoms with Crippen LogP contribution >= 0.6 is 0 Å². The average Bonchev–Trinajstić information content (AvgIpc) is 2.53. The van der Waals surface area contributed by atoms with Crippen molar-refractivity contribution >= 4 is 109 Å². The molecule has 6 aliphatic heterocycles. The van der Waals surface area contributed by atoms with Crippen molar-refractivity contribution in [3.63, 3.8) is 0 Å². The molecule has 42 heavy (non-hydrogen) atoms. The number of hydrogen-bond acceptors (Lipinski definition) is 30. The monoisotopic (exact) mass is 828 g/mol. The molecule has 240 valence electrons. The van der Waals surface area contributed by atoms with E-state index in [2.05, 4.69) is 0 Å². The molecule has 0 aromatic rings. The SMILES string of the molecule is O[Si]12O[Si]3(O)O[Si]4(O)O[Si](O)(O1)O[Si]1(O)O[Si](O)(O4)O[Si]4(O)O[Si](O)(O1)O[Si]1(O)O[Si](O)(O[Si](O)(O[Si](O)(O2)O1)O3)O4. The van der Waals surface area contributed by atoms with Gasteiger partial charge in [-0.2, -0.15) is 0 Å². The van der Waals surface area contributed by atoms with Crippen molar-refractivity contribution in [1.29, 1.82) is 0 Å². The Morgan fingerprint density at radius 1 is 0.143 bits per heavy atom. The predicted molar refractivity (Wildman–Crippen MR) is 115 cm³/mol. The lowest BCUT2D eigenvalue weighted by Gasteiger charge is -2.52. The lowest BCUT2D eigenvalue weighted by molar-refractivity contribution is -0.134. The third kappa shape index (κ3) is 5.65. The highest BCUT2D eigenvalue weighted by atomic mass is 28.7. The molecule has 0 aliphatic carbocycles. The van der Waals surface area contributed by atoms with Gasteiger partial charge in [0.1, 0.15) is 0 Å². The second-order valence-electron chi connectivity index (χ2n) is 8.12. The van der Waals surface area contributed by atoms with Gasteiger partial charge in [-0.3, -0.25) is 0 Å². The second kappa shape index (κ2) is 8.70. The largest absolute Gasteiger partial charge is 0.659 e. The van der Waals surface area contributed by atoms with E-state index in [1.165, 1.54) is 0 Å². The van der Waals surface area contributed by atoms with E-state index in [0.29, 0.717) is 0 Å². The molecule has 0 amide bonds. The van der Waals surface area contributed by atoms with Gasteiger partial charge in [0.05, 0.1) is 0 Å². The van der Waals surface area contributed by atoms with Gasteiger partial charge in [-0.05, 0) is 0 Å². The Hall–Kier alpha value is 1.40. The minimum atomic E-state index is -6.27. The van der Waals surface area contributed by atoms with Crippen LogP contribution in [0.3, 0.4) is 0 Å². The minimum Gasteiger partial charge on any atom is -0.369 e. The zero-order valence-corrected chi connectivity index (χ0v) is 30.7. The number of rotatable bonds is 0. The summed E-state index contributed by atoms with van der Waals surface area (Å²) < 4.78 is 86.1. The fourth-order valence-electron chi connectivity index (χ4n) is 3.68. The highest BCUT2D eigenvalue weighted by Gasteiger charge is 2.89. The molecular weight excluding hydrogens is 817 g/mol. The molecule has 12 bridgehead atoms. The smallest absolute Gasteiger partial charge is 0.369 e. The van der Waals surface area contributed by atoms with Gasteiger partial charge in [0.2, 0.25) is 0 Å². The van der Waals surface area contributed by atoms with Crippen LogP contribution in [0.25, 0.3) is 0 Å². The van der Waals surface area contributed by atoms with E-state index in [1.54, 1.807) is 0 Å². The summed E-state index contributed by atoms with van der Waals surface area (Å²) in [6.07, 6.45) is 0. The van der Waals surface area contributed by atoms with E-state index in [-0.39, 0.29) is 0 Å². The normalized spacial score (nSPS) is 66.0. The Kier molecular flexibility index (Phi) is 6.62. The topological polar surface area (TPSA) is 409 Å². The van der Waals surface area contributed by atoms with Crippen molar-refractivity contribution in [2.45, 2.75) is 0 Å². The van der Waals surface area contributed by atoms with E-state index in [0.717, 1.165) is 0 Å². The van der Waals surface area contributed by atoms with Crippen LogP contribution in [0.1, 0.15) is 0 Å². The fraction of sp³-hybridized carbons (Fsp3) is 0. The zero-order valence-electron chi connectivity index (χ0n) is 18.7. The summed E-state index contributed by atoms with van der Waals surface area (Å²) in [5, 5.41) is 0. The highest BCUT2D eigenvalue weighted by molar-refractivity contribution is 6.97. The molecule has 0 radical (unpaired) electrons. The van der Waals surface area contributed by atoms with Crippen LogP contribution in [0.2, 0.25) is 0 Å². The lowest BCUT2D eigenvalue weighted by Crippen LogP contribution is -2.89. The van der Waals surface area contributed by atoms with Crippen molar-refractivity contribution < 1.29 is 132 Å². The molecule has 42 heteroatoms. The fourth-order valence-corrected chi connectivity index (χ4v) is 46.7. The molecular formula is H12O30Si12. The molecule has 0 aromatic carbocycles. The van der Waals surface area contributed by atoms with Gasteiger partial charge in [0.15, 0.2) is 0 Å². The molecule has 6 heterocycles. The lowest BCUT2D eigenvalue weighted by atomic mass is 15.5. The summed E-state index contributed by atoms with van der Waals surface area (Å²) in [4.78, 5) is 133. The molecule has 6 aliphatic rings. The van der Waals surface area contributed by atoms with Crippen molar-refractivity contribution in [3.8, 4) is 0 Å². The molecule has 0 spiro atoms. The Labute approximate surface area is 239 Å². The highest BCUT2D eigenvalue weighted by Crippen LogP contribution is 2.44. The maximum absolute atomic E-state index is 11.0. The summed E-state index contributed by atoms with van der Waals surface area (Å²) in [6.45, 7) is 0. The maximum Gasteiger partial charge on any atom is 0.659 e. The van der Waals surface area contributed by atoms with Crippen LogP contribution in [0.4, 0.5) is 0 Å². The molecule has 6 saturated heterocycles. The molecule has 30 nitrogen and oxygen atoms in total. The first kappa shape index (κ1) is 32.0. The average molecular weight is 829 g/mol. The standard InChI is InChI=1S/H12O30Si12/c1-31-13-32(2)21-35(5)14-33(3,19-31)23-37(7)16-39(9,25-35)29-42(12)18-41(11,27-37)28-38(8)17-40(10,30-42)26-36(6,22-32)15-34(4,20-31)24-38/h1-12H. The van der Waals surface area contributed by atoms with Gasteiger partial charge >= 0.3 is 109 Å². The summed E-state index contributed by atoms with van der Waals surface area (Å²) >= 11 is 0. The molecule has 0 atom stereocenters. The summed E-state index contributed by atoms with van der Waals surface area (Å²) in [6, 6.07) is 0. The third-order valence-corrected chi connectivity index (χ3v) is 41.8. The Bertz CT molecular complexity index is 840. The molecule has 0 aromatic heterocycles. The first-order valence-corrected chi connectivity index (χ1v) is 30.1. The van der Waals surface area contributed by atoms with E-state index < -0.39 is 109 Å². The number of hydrogen-bond donors (Lipinski definition) is 12. The minimum absolute atomic E-state index is 4.78. The van der Waals surface area contributed by atoms with Gasteiger partial charge in [0, 0.05) is 0 Å². The van der Waals surface area contributed by atoms with Crippen molar-refractivity contribution in [2.24, 2.45) is 0 Å². The van der Waals surface area contributed by atoms with Crippen LogP contribution in [0.5, 0.6) is 0 Å². The van der Waals surface area contributed by atoms with E-state index in [4.69, 9.17) is 74.1 Å². The van der Waals surface area contributed by atoms with Crippen LogP contribution in [0.15, 0.2) is 0 Å². The van der Waals surface area contributed by atoms with Gasteiger partial charge in [-0.25, -0.2) is 0 Å². The molecule has 12 N–H and O–H groups in total. The van der Waals surface area contributed by atoms with Crippen LogP contribution < -0.4 is 0 Å². The second-order valence-corrected chi connectivity index (χ2v) is 35.4. The summed E-state index contributed by atoms with van der Waals surface area (Å²) in [5.74, 6) is 0. The van der Waals surface area contributed by atoms with Gasteiger partial charge in [-0.15, -0.1) is 0 Å². The first-order chi connectivity index (χ1) is 18.7. The number of fused-ring (bicyclic) bond motifs is 12. The molecule has 0 saturated carbocycles. The van der Waals surface area contributed by atoms with Gasteiger partial charge < -0.3 is 132 Å². The van der Waals surface area contributed by atoms with Crippen molar-refractivity contribution in [1.82, 2.24) is 0 Å². The van der Waals surface area contributed by atoms with E-state index in [1.807, 2.05) is 0 Å². The van der Waals surface area contributed by atoms with Crippen molar-refractivity contribution in [2.75, 3.05) is 0 Å².